The summed E-state index contributed by atoms with van der Waals surface area (Å²) in [6, 6.07) is 18.2. The highest BCUT2D eigenvalue weighted by atomic mass is 19.1. The Kier molecular flexibility index (Phi) is 5.92. The number of nitrogens with one attached hydrogen (secondary N) is 3. The number of hydrogen-bond acceptors (Lipinski definition) is 4. The Morgan fingerprint density at radius 3 is 2.50 bits per heavy atom. The fraction of sp³-hybridized carbons (Fsp3) is 0.133. The maximum Gasteiger partial charge on any atom is 0.224 e. The number of carbonyl (C=O) groups is 1. The minimum Gasteiger partial charge on any atom is -0.353 e. The van der Waals surface area contributed by atoms with Crippen molar-refractivity contribution in [3.05, 3.63) is 85.1 Å². The molecule has 0 aliphatic carbocycles. The Labute approximate surface area is 218 Å². The second kappa shape index (κ2) is 9.55. The van der Waals surface area contributed by atoms with Crippen molar-refractivity contribution < 1.29 is 9.18 Å². The molecule has 0 bridgehead atoms. The molecule has 0 fully saturated rings. The van der Waals surface area contributed by atoms with Crippen molar-refractivity contribution >= 4 is 33.4 Å². The number of fused-ring (bicyclic) bond motifs is 2. The van der Waals surface area contributed by atoms with Crippen molar-refractivity contribution in [2.24, 2.45) is 5.92 Å². The van der Waals surface area contributed by atoms with Crippen LogP contribution in [0, 0.1) is 11.7 Å². The van der Waals surface area contributed by atoms with Crippen LogP contribution in [0.25, 0.3) is 55.6 Å². The third kappa shape index (κ3) is 4.52. The third-order valence-electron chi connectivity index (χ3n) is 6.43. The number of benzene rings is 2. The van der Waals surface area contributed by atoms with E-state index in [1.165, 1.54) is 12.1 Å². The number of pyridine rings is 2. The normalized spacial score (nSPS) is 11.5. The van der Waals surface area contributed by atoms with Gasteiger partial charge >= 0.3 is 0 Å². The van der Waals surface area contributed by atoms with E-state index in [1.807, 2.05) is 44.2 Å². The summed E-state index contributed by atoms with van der Waals surface area (Å²) >= 11 is 0. The number of aromatic amines is 2. The molecule has 0 aliphatic heterocycles. The van der Waals surface area contributed by atoms with Crippen LogP contribution in [0.5, 0.6) is 0 Å². The average molecular weight is 505 g/mol. The summed E-state index contributed by atoms with van der Waals surface area (Å²) in [5.41, 5.74) is 7.54. The molecule has 0 spiro atoms. The lowest BCUT2D eigenvalue weighted by Gasteiger charge is -2.09. The lowest BCUT2D eigenvalue weighted by atomic mass is 10.0. The number of amides is 1. The van der Waals surface area contributed by atoms with Gasteiger partial charge in [0, 0.05) is 46.2 Å². The largest absolute Gasteiger partial charge is 0.353 e. The van der Waals surface area contributed by atoms with E-state index in [1.54, 1.807) is 30.7 Å². The number of halogens is 1. The number of H-pyrrole nitrogens is 2. The highest BCUT2D eigenvalue weighted by Gasteiger charge is 2.15. The van der Waals surface area contributed by atoms with Gasteiger partial charge in [0.15, 0.2) is 0 Å². The van der Waals surface area contributed by atoms with Crippen molar-refractivity contribution in [3.8, 4) is 33.8 Å². The first kappa shape index (κ1) is 23.5. The fourth-order valence-corrected chi connectivity index (χ4v) is 4.67. The molecular weight excluding hydrogens is 479 g/mol. The van der Waals surface area contributed by atoms with Crippen LogP contribution >= 0.6 is 0 Å². The summed E-state index contributed by atoms with van der Waals surface area (Å²) < 4.78 is 13.5. The maximum atomic E-state index is 13.5. The quantitative estimate of drug-likeness (QED) is 0.228. The Morgan fingerprint density at radius 2 is 1.68 bits per heavy atom. The Bertz CT molecular complexity index is 1780. The highest BCUT2D eigenvalue weighted by Crippen LogP contribution is 2.34. The van der Waals surface area contributed by atoms with Gasteiger partial charge in [0.2, 0.25) is 5.91 Å². The fourth-order valence-electron chi connectivity index (χ4n) is 4.67. The minimum absolute atomic E-state index is 0.0279. The zero-order valence-corrected chi connectivity index (χ0v) is 20.9. The third-order valence-corrected chi connectivity index (χ3v) is 6.43. The van der Waals surface area contributed by atoms with Gasteiger partial charge in [-0.1, -0.05) is 19.9 Å². The molecular formula is C30H25FN6O. The van der Waals surface area contributed by atoms with Gasteiger partial charge < -0.3 is 10.3 Å². The summed E-state index contributed by atoms with van der Waals surface area (Å²) in [5, 5.41) is 12.5. The standard InChI is InChI=1S/C30H25FN6O/c1-17(2)11-28(38)34-22-12-20(15-32-16-22)19-5-8-26-23(13-19)30(37-36-26)27-14-24-25(35-27)9-10-33-29(24)18-3-6-21(31)7-4-18/h3-10,12-17,35H,11H2,1-2H3,(H,34,38)(H,36,37). The van der Waals surface area contributed by atoms with Crippen molar-refractivity contribution in [1.82, 2.24) is 25.1 Å². The van der Waals surface area contributed by atoms with Gasteiger partial charge in [-0.15, -0.1) is 0 Å². The van der Waals surface area contributed by atoms with Gasteiger partial charge in [0.25, 0.3) is 0 Å². The topological polar surface area (TPSA) is 99.3 Å². The molecule has 0 aliphatic rings. The van der Waals surface area contributed by atoms with Crippen LogP contribution in [-0.4, -0.2) is 31.1 Å². The van der Waals surface area contributed by atoms with Crippen molar-refractivity contribution in [2.75, 3.05) is 5.32 Å². The second-order valence-electron chi connectivity index (χ2n) is 9.75. The van der Waals surface area contributed by atoms with Crippen LogP contribution in [0.15, 0.2) is 79.3 Å². The Balaban J connectivity index is 1.38. The van der Waals surface area contributed by atoms with Gasteiger partial charge in [-0.2, -0.15) is 5.10 Å². The molecule has 6 aromatic rings. The first-order chi connectivity index (χ1) is 18.4. The van der Waals surface area contributed by atoms with Crippen molar-refractivity contribution in [1.29, 1.82) is 0 Å². The monoisotopic (exact) mass is 504 g/mol. The number of hydrogen-bond donors (Lipinski definition) is 3. The van der Waals surface area contributed by atoms with Gasteiger partial charge in [-0.3, -0.25) is 19.9 Å². The lowest BCUT2D eigenvalue weighted by molar-refractivity contribution is -0.116. The number of anilines is 1. The van der Waals surface area contributed by atoms with Crippen LogP contribution in [0.1, 0.15) is 20.3 Å². The van der Waals surface area contributed by atoms with Crippen LogP contribution < -0.4 is 5.32 Å². The number of carbonyl (C=O) groups excluding carboxylic acids is 1. The van der Waals surface area contributed by atoms with E-state index in [0.717, 1.165) is 55.6 Å². The molecule has 0 radical (unpaired) electrons. The lowest BCUT2D eigenvalue weighted by Crippen LogP contribution is -2.13. The van der Waals surface area contributed by atoms with Gasteiger partial charge in [0.1, 0.15) is 11.5 Å². The van der Waals surface area contributed by atoms with E-state index in [9.17, 15) is 9.18 Å². The van der Waals surface area contributed by atoms with E-state index in [2.05, 4.69) is 36.5 Å². The molecule has 1 amide bonds. The Morgan fingerprint density at radius 1 is 0.895 bits per heavy atom. The van der Waals surface area contributed by atoms with Crippen molar-refractivity contribution in [2.45, 2.75) is 20.3 Å². The summed E-state index contributed by atoms with van der Waals surface area (Å²) in [5.74, 6) is -0.0340. The zero-order chi connectivity index (χ0) is 26.2. The van der Waals surface area contributed by atoms with E-state index >= 15 is 0 Å². The molecule has 0 saturated carbocycles. The first-order valence-corrected chi connectivity index (χ1v) is 12.4. The first-order valence-electron chi connectivity index (χ1n) is 12.4. The summed E-state index contributed by atoms with van der Waals surface area (Å²) in [4.78, 5) is 24.6. The number of nitrogens with zero attached hydrogens (tertiary/aromatic N) is 3. The van der Waals surface area contributed by atoms with E-state index in [0.29, 0.717) is 12.1 Å². The molecule has 0 atom stereocenters. The molecule has 0 unspecified atom stereocenters. The molecule has 188 valence electrons. The van der Waals surface area contributed by atoms with Gasteiger partial charge in [-0.05, 0) is 66.1 Å². The SMILES string of the molecule is CC(C)CC(=O)Nc1cncc(-c2ccc3[nH]nc(-c4cc5c(-c6ccc(F)cc6)nccc5[nH]4)c3c2)c1. The number of rotatable bonds is 6. The molecule has 0 saturated heterocycles. The van der Waals surface area contributed by atoms with Crippen molar-refractivity contribution in [3.63, 3.8) is 0 Å². The summed E-state index contributed by atoms with van der Waals surface area (Å²) in [6.45, 7) is 4.03. The second-order valence-corrected chi connectivity index (χ2v) is 9.75. The minimum atomic E-state index is -0.284. The summed E-state index contributed by atoms with van der Waals surface area (Å²) in [6.07, 6.45) is 5.63. The Hall–Kier alpha value is -4.85. The molecule has 2 aromatic carbocycles. The average Bonchev–Trinajstić information content (AvgIpc) is 3.52. The summed E-state index contributed by atoms with van der Waals surface area (Å²) in [7, 11) is 0. The van der Waals surface area contributed by atoms with Gasteiger partial charge in [0.05, 0.1) is 28.8 Å². The van der Waals surface area contributed by atoms with E-state index in [-0.39, 0.29) is 17.6 Å². The highest BCUT2D eigenvalue weighted by molar-refractivity contribution is 6.01. The molecule has 6 rings (SSSR count). The van der Waals surface area contributed by atoms with E-state index in [4.69, 9.17) is 0 Å². The maximum absolute atomic E-state index is 13.5. The van der Waals surface area contributed by atoms with E-state index < -0.39 is 0 Å². The molecule has 3 N–H and O–H groups in total. The smallest absolute Gasteiger partial charge is 0.224 e. The van der Waals surface area contributed by atoms with Crippen LogP contribution in [0.3, 0.4) is 0 Å². The predicted octanol–water partition coefficient (Wildman–Crippen LogP) is 6.96. The number of aromatic nitrogens is 5. The van der Waals surface area contributed by atoms with Gasteiger partial charge in [-0.25, -0.2) is 4.39 Å². The molecule has 4 heterocycles. The molecule has 38 heavy (non-hydrogen) atoms. The van der Waals surface area contributed by atoms with Crippen LogP contribution in [0.2, 0.25) is 0 Å². The predicted molar refractivity (Wildman–Crippen MR) is 148 cm³/mol. The molecule has 7 nitrogen and oxygen atoms in total. The van der Waals surface area contributed by atoms with Crippen LogP contribution in [-0.2, 0) is 4.79 Å². The van der Waals surface area contributed by atoms with Crippen LogP contribution in [0.4, 0.5) is 10.1 Å². The molecule has 8 heteroatoms. The molecule has 4 aromatic heterocycles. The zero-order valence-electron chi connectivity index (χ0n) is 20.9.